The first-order valence-electron chi connectivity index (χ1n) is 11.4. The minimum atomic E-state index is -0.813. The van der Waals surface area contributed by atoms with Crippen molar-refractivity contribution in [3.8, 4) is 5.75 Å². The normalized spacial score (nSPS) is 29.6. The molecule has 4 rings (SSSR count). The fraction of sp³-hybridized carbons (Fsp3) is 0.720. The lowest BCUT2D eigenvalue weighted by Crippen LogP contribution is -2.69. The molecule has 1 aromatic carbocycles. The largest absolute Gasteiger partial charge is 0.405 e. The van der Waals surface area contributed by atoms with Crippen LogP contribution in [0.2, 0.25) is 0 Å². The van der Waals surface area contributed by atoms with Crippen LogP contribution >= 0.6 is 0 Å². The quantitative estimate of drug-likeness (QED) is 0.739. The maximum atomic E-state index is 13.5. The van der Waals surface area contributed by atoms with Gasteiger partial charge >= 0.3 is 0 Å². The smallest absolute Gasteiger partial charge is 0.254 e. The zero-order chi connectivity index (χ0) is 22.9. The van der Waals surface area contributed by atoms with Crippen LogP contribution in [0.1, 0.15) is 81.1 Å². The molecule has 172 valence electrons. The standard InChI is InChI=1S/C25H39N3O3/c1-20(2)14-24(15-21(3,4)27-20)19(29)26-25(31-24)16-22(5,6)28(23(7,8)17-25)30-18-12-10-9-11-13-18/h9-13,27H,14-17H2,1-8H3,(H,26,29). The van der Waals surface area contributed by atoms with Gasteiger partial charge in [-0.25, -0.2) is 0 Å². The van der Waals surface area contributed by atoms with Gasteiger partial charge in [0.15, 0.2) is 5.60 Å². The van der Waals surface area contributed by atoms with Gasteiger partial charge in [-0.3, -0.25) is 4.79 Å². The zero-order valence-electron chi connectivity index (χ0n) is 20.4. The Morgan fingerprint density at radius 3 is 1.87 bits per heavy atom. The van der Waals surface area contributed by atoms with Crippen molar-refractivity contribution in [3.05, 3.63) is 30.3 Å². The van der Waals surface area contributed by atoms with Crippen LogP contribution in [0.5, 0.6) is 5.75 Å². The summed E-state index contributed by atoms with van der Waals surface area (Å²) in [6, 6.07) is 9.88. The zero-order valence-corrected chi connectivity index (χ0v) is 20.4. The Kier molecular flexibility index (Phi) is 4.87. The third-order valence-electron chi connectivity index (χ3n) is 6.75. The number of hydrogen-bond acceptors (Lipinski definition) is 5. The number of amides is 1. The Morgan fingerprint density at radius 2 is 1.35 bits per heavy atom. The Hall–Kier alpha value is -1.63. The number of nitrogens with zero attached hydrogens (tertiary/aromatic N) is 1. The monoisotopic (exact) mass is 429 g/mol. The lowest BCUT2D eigenvalue weighted by Gasteiger charge is -2.57. The van der Waals surface area contributed by atoms with Crippen LogP contribution in [0.4, 0.5) is 0 Å². The number of carbonyl (C=O) groups excluding carboxylic acids is 1. The van der Waals surface area contributed by atoms with Crippen molar-refractivity contribution < 1.29 is 14.4 Å². The van der Waals surface area contributed by atoms with Crippen molar-refractivity contribution in [1.82, 2.24) is 15.7 Å². The molecule has 0 bridgehead atoms. The summed E-state index contributed by atoms with van der Waals surface area (Å²) in [4.78, 5) is 19.9. The number of benzene rings is 1. The van der Waals surface area contributed by atoms with E-state index in [-0.39, 0.29) is 28.1 Å². The van der Waals surface area contributed by atoms with Gasteiger partial charge in [-0.2, -0.15) is 0 Å². The van der Waals surface area contributed by atoms with Crippen molar-refractivity contribution >= 4 is 5.91 Å². The number of rotatable bonds is 2. The topological polar surface area (TPSA) is 62.8 Å². The van der Waals surface area contributed by atoms with Gasteiger partial charge in [0.1, 0.15) is 11.5 Å². The van der Waals surface area contributed by atoms with E-state index in [9.17, 15) is 4.79 Å². The first kappa shape index (κ1) is 22.6. The van der Waals surface area contributed by atoms with Gasteiger partial charge in [0.05, 0.1) is 11.1 Å². The molecular formula is C25H39N3O3. The summed E-state index contributed by atoms with van der Waals surface area (Å²) in [7, 11) is 0. The Bertz CT molecular complexity index is 826. The van der Waals surface area contributed by atoms with Crippen LogP contribution in [-0.4, -0.2) is 44.5 Å². The lowest BCUT2D eigenvalue weighted by molar-refractivity contribution is -0.274. The molecule has 0 saturated carbocycles. The third-order valence-corrected chi connectivity index (χ3v) is 6.75. The molecule has 3 fully saturated rings. The van der Waals surface area contributed by atoms with E-state index >= 15 is 0 Å². The molecule has 6 nitrogen and oxygen atoms in total. The number of nitrogens with one attached hydrogen (secondary N) is 2. The van der Waals surface area contributed by atoms with Gasteiger partial charge in [-0.15, -0.1) is 5.06 Å². The van der Waals surface area contributed by atoms with Crippen LogP contribution < -0.4 is 15.5 Å². The van der Waals surface area contributed by atoms with E-state index in [0.29, 0.717) is 25.7 Å². The Labute approximate surface area is 187 Å². The first-order valence-corrected chi connectivity index (χ1v) is 11.4. The van der Waals surface area contributed by atoms with Crippen molar-refractivity contribution in [2.24, 2.45) is 0 Å². The summed E-state index contributed by atoms with van der Waals surface area (Å²) < 4.78 is 6.89. The summed E-state index contributed by atoms with van der Waals surface area (Å²) in [5, 5.41) is 9.08. The molecule has 3 saturated heterocycles. The molecule has 2 spiro atoms. The Balaban J connectivity index is 1.64. The van der Waals surface area contributed by atoms with E-state index < -0.39 is 11.3 Å². The number of hydrogen-bond donors (Lipinski definition) is 2. The molecule has 3 aliphatic heterocycles. The van der Waals surface area contributed by atoms with Gasteiger partial charge in [0.25, 0.3) is 5.91 Å². The maximum Gasteiger partial charge on any atom is 0.254 e. The predicted molar refractivity (Wildman–Crippen MR) is 122 cm³/mol. The van der Waals surface area contributed by atoms with Crippen LogP contribution in [0.3, 0.4) is 0 Å². The van der Waals surface area contributed by atoms with Gasteiger partial charge in [-0.1, -0.05) is 18.2 Å². The van der Waals surface area contributed by atoms with E-state index in [0.717, 1.165) is 5.75 Å². The van der Waals surface area contributed by atoms with Crippen molar-refractivity contribution in [2.75, 3.05) is 0 Å². The van der Waals surface area contributed by atoms with Crippen molar-refractivity contribution in [2.45, 2.75) is 115 Å². The highest BCUT2D eigenvalue weighted by atomic mass is 16.7. The molecule has 0 unspecified atom stereocenters. The molecule has 0 atom stereocenters. The molecule has 1 amide bonds. The van der Waals surface area contributed by atoms with E-state index in [4.69, 9.17) is 9.57 Å². The minimum absolute atomic E-state index is 0.0270. The molecule has 0 radical (unpaired) electrons. The van der Waals surface area contributed by atoms with Crippen molar-refractivity contribution in [3.63, 3.8) is 0 Å². The molecule has 0 aromatic heterocycles. The van der Waals surface area contributed by atoms with E-state index in [1.165, 1.54) is 0 Å². The van der Waals surface area contributed by atoms with Gasteiger partial charge in [-0.05, 0) is 67.5 Å². The van der Waals surface area contributed by atoms with Gasteiger partial charge in [0, 0.05) is 36.8 Å². The predicted octanol–water partition coefficient (Wildman–Crippen LogP) is 4.16. The molecule has 0 aliphatic carbocycles. The fourth-order valence-electron chi connectivity index (χ4n) is 6.91. The third kappa shape index (κ3) is 4.10. The fourth-order valence-corrected chi connectivity index (χ4v) is 6.91. The second kappa shape index (κ2) is 6.69. The molecule has 3 aliphatic rings. The molecule has 1 aromatic rings. The number of ether oxygens (including phenoxy) is 1. The highest BCUT2D eigenvalue weighted by Gasteiger charge is 2.66. The number of piperidine rings is 2. The average molecular weight is 430 g/mol. The van der Waals surface area contributed by atoms with Gasteiger partial charge in [0.2, 0.25) is 0 Å². The summed E-state index contributed by atoms with van der Waals surface area (Å²) in [5.41, 5.74) is -2.60. The van der Waals surface area contributed by atoms with Crippen LogP contribution in [0.15, 0.2) is 30.3 Å². The SMILES string of the molecule is CC1(C)CC2(CC(C)(C)N1)OC1(CC(C)(C)N(Oc3ccccc3)C(C)(C)C1)NC2=O. The number of hydroxylamine groups is 2. The molecule has 3 heterocycles. The summed E-state index contributed by atoms with van der Waals surface area (Å²) in [6.07, 6.45) is 2.61. The minimum Gasteiger partial charge on any atom is -0.405 e. The van der Waals surface area contributed by atoms with E-state index in [1.54, 1.807) is 0 Å². The second-order valence-corrected chi connectivity index (χ2v) is 12.5. The first-order chi connectivity index (χ1) is 14.1. The summed E-state index contributed by atoms with van der Waals surface area (Å²) in [6.45, 7) is 17.3. The highest BCUT2D eigenvalue weighted by Crippen LogP contribution is 2.52. The van der Waals surface area contributed by atoms with Crippen LogP contribution in [-0.2, 0) is 9.53 Å². The maximum absolute atomic E-state index is 13.5. The number of carbonyl (C=O) groups is 1. The van der Waals surface area contributed by atoms with Crippen LogP contribution in [0.25, 0.3) is 0 Å². The average Bonchev–Trinajstić information content (AvgIpc) is 2.77. The van der Waals surface area contributed by atoms with Crippen molar-refractivity contribution in [1.29, 1.82) is 0 Å². The van der Waals surface area contributed by atoms with Gasteiger partial charge < -0.3 is 20.2 Å². The summed E-state index contributed by atoms with van der Waals surface area (Å²) >= 11 is 0. The van der Waals surface area contributed by atoms with E-state index in [1.807, 2.05) is 30.3 Å². The lowest BCUT2D eigenvalue weighted by atomic mass is 9.72. The summed E-state index contributed by atoms with van der Waals surface area (Å²) in [5.74, 6) is 0.841. The molecular weight excluding hydrogens is 390 g/mol. The van der Waals surface area contributed by atoms with Crippen LogP contribution in [0, 0.1) is 0 Å². The van der Waals surface area contributed by atoms with E-state index in [2.05, 4.69) is 71.1 Å². The highest BCUT2D eigenvalue weighted by molar-refractivity contribution is 5.88. The number of para-hydroxylation sites is 1. The molecule has 31 heavy (non-hydrogen) atoms. The molecule has 6 heteroatoms. The second-order valence-electron chi connectivity index (χ2n) is 12.5. The molecule has 2 N–H and O–H groups in total. The Morgan fingerprint density at radius 1 is 0.839 bits per heavy atom.